The second-order valence-corrected chi connectivity index (χ2v) is 5.18. The number of carbonyl (C=O) groups excluding carboxylic acids is 1. The van der Waals surface area contributed by atoms with Crippen LogP contribution in [-0.4, -0.2) is 11.9 Å². The Kier molecular flexibility index (Phi) is 4.67. The largest absolute Gasteiger partial charge is 0.483 e. The number of benzene rings is 2. The molecule has 2 nitrogen and oxygen atoms in total. The van der Waals surface area contributed by atoms with Gasteiger partial charge in [-0.2, -0.15) is 0 Å². The van der Waals surface area contributed by atoms with Crippen LogP contribution in [0.15, 0.2) is 40.9 Å². The van der Waals surface area contributed by atoms with Gasteiger partial charge in [0.15, 0.2) is 6.10 Å². The molecule has 0 aromatic heterocycles. The number of rotatable bonds is 4. The minimum absolute atomic E-state index is 0.188. The van der Waals surface area contributed by atoms with Crippen LogP contribution in [0.2, 0.25) is 0 Å². The number of hydrogen-bond donors (Lipinski definition) is 0. The maximum atomic E-state index is 13.5. The lowest BCUT2D eigenvalue weighted by Gasteiger charge is -2.14. The number of hydrogen-bond acceptors (Lipinski definition) is 2. The van der Waals surface area contributed by atoms with Crippen LogP contribution in [0, 0.1) is 17.5 Å². The number of ketones is 1. The molecule has 0 aliphatic heterocycles. The molecule has 0 aliphatic rings. The first-order valence-electron chi connectivity index (χ1n) is 5.99. The number of Topliss-reactive ketones (excluding diaryl/α,β-unsaturated/α-hetero) is 1. The van der Waals surface area contributed by atoms with Crippen molar-refractivity contribution in [3.8, 4) is 5.75 Å². The zero-order valence-corrected chi connectivity index (χ0v) is 12.5. The molecule has 0 spiro atoms. The average molecular weight is 359 g/mol. The van der Waals surface area contributed by atoms with E-state index >= 15 is 0 Å². The molecule has 1 atom stereocenters. The Morgan fingerprint density at radius 1 is 1.10 bits per heavy atom. The molecule has 0 bridgehead atoms. The quantitative estimate of drug-likeness (QED) is 0.751. The zero-order valence-electron chi connectivity index (χ0n) is 10.9. The van der Waals surface area contributed by atoms with E-state index in [2.05, 4.69) is 15.9 Å². The second-order valence-electron chi connectivity index (χ2n) is 4.32. The molecule has 2 aromatic carbocycles. The minimum Gasteiger partial charge on any atom is -0.483 e. The van der Waals surface area contributed by atoms with E-state index in [0.29, 0.717) is 6.07 Å². The molecular weight excluding hydrogens is 349 g/mol. The maximum Gasteiger partial charge on any atom is 0.205 e. The van der Waals surface area contributed by atoms with E-state index < -0.39 is 29.3 Å². The van der Waals surface area contributed by atoms with Crippen LogP contribution in [0.4, 0.5) is 13.2 Å². The smallest absolute Gasteiger partial charge is 0.205 e. The summed E-state index contributed by atoms with van der Waals surface area (Å²) >= 11 is 3.00. The third-order valence-corrected chi connectivity index (χ3v) is 3.38. The van der Waals surface area contributed by atoms with Crippen LogP contribution >= 0.6 is 15.9 Å². The highest BCUT2D eigenvalue weighted by Gasteiger charge is 2.21. The first-order chi connectivity index (χ1) is 9.88. The Hall–Kier alpha value is -1.82. The Bertz CT molecular complexity index is 689. The molecule has 0 radical (unpaired) electrons. The van der Waals surface area contributed by atoms with Gasteiger partial charge in [0.25, 0.3) is 0 Å². The van der Waals surface area contributed by atoms with Crippen molar-refractivity contribution in [3.63, 3.8) is 0 Å². The van der Waals surface area contributed by atoms with Gasteiger partial charge in [0.05, 0.1) is 10.0 Å². The highest BCUT2D eigenvalue weighted by molar-refractivity contribution is 9.10. The number of carbonyl (C=O) groups is 1. The van der Waals surface area contributed by atoms with Crippen molar-refractivity contribution in [2.24, 2.45) is 0 Å². The summed E-state index contributed by atoms with van der Waals surface area (Å²) in [5.74, 6) is -2.55. The van der Waals surface area contributed by atoms with Crippen LogP contribution in [0.5, 0.6) is 5.75 Å². The molecule has 0 saturated heterocycles. The van der Waals surface area contributed by atoms with Crippen LogP contribution < -0.4 is 4.74 Å². The molecule has 2 rings (SSSR count). The molecule has 6 heteroatoms. The van der Waals surface area contributed by atoms with Gasteiger partial charge in [-0.1, -0.05) is 0 Å². The lowest BCUT2D eigenvalue weighted by atomic mass is 10.1. The van der Waals surface area contributed by atoms with Gasteiger partial charge in [-0.25, -0.2) is 13.2 Å². The summed E-state index contributed by atoms with van der Waals surface area (Å²) in [6.07, 6.45) is -0.998. The Morgan fingerprint density at radius 2 is 1.81 bits per heavy atom. The van der Waals surface area contributed by atoms with Gasteiger partial charge >= 0.3 is 0 Å². The molecule has 1 unspecified atom stereocenters. The first kappa shape index (κ1) is 15.6. The van der Waals surface area contributed by atoms with Gasteiger partial charge in [0, 0.05) is 6.07 Å². The summed E-state index contributed by atoms with van der Waals surface area (Å²) in [5.41, 5.74) is -0.259. The van der Waals surface area contributed by atoms with E-state index in [1.54, 1.807) is 0 Å². The van der Waals surface area contributed by atoms with Crippen molar-refractivity contribution in [2.75, 3.05) is 0 Å². The fourth-order valence-corrected chi connectivity index (χ4v) is 2.07. The minimum atomic E-state index is -0.998. The van der Waals surface area contributed by atoms with Gasteiger partial charge < -0.3 is 4.74 Å². The molecule has 0 saturated carbocycles. The predicted octanol–water partition coefficient (Wildman–Crippen LogP) is 4.52. The molecule has 0 N–H and O–H groups in total. The highest BCUT2D eigenvalue weighted by atomic mass is 79.9. The summed E-state index contributed by atoms with van der Waals surface area (Å²) in [7, 11) is 0. The van der Waals surface area contributed by atoms with Crippen molar-refractivity contribution in [3.05, 3.63) is 63.9 Å². The molecule has 0 amide bonds. The molecular formula is C15H10BrF3O2. The standard InChI is InChI=1S/C15H10BrF3O2/c1-8(21-10-3-5-13(18)12(16)7-10)15(20)11-4-2-9(17)6-14(11)19/h2-8H,1H3. The predicted molar refractivity (Wildman–Crippen MR) is 74.9 cm³/mol. The van der Waals surface area contributed by atoms with Gasteiger partial charge in [-0.15, -0.1) is 0 Å². The molecule has 21 heavy (non-hydrogen) atoms. The summed E-state index contributed by atoms with van der Waals surface area (Å²) in [6, 6.07) is 6.58. The van der Waals surface area contributed by atoms with E-state index in [4.69, 9.17) is 4.74 Å². The Labute approximate surface area is 127 Å². The van der Waals surface area contributed by atoms with E-state index in [1.807, 2.05) is 0 Å². The molecule has 0 aliphatic carbocycles. The van der Waals surface area contributed by atoms with Crippen LogP contribution in [0.1, 0.15) is 17.3 Å². The summed E-state index contributed by atoms with van der Waals surface area (Å²) in [5, 5.41) is 0. The Balaban J connectivity index is 2.17. The fourth-order valence-electron chi connectivity index (χ4n) is 1.72. The van der Waals surface area contributed by atoms with Crippen molar-refractivity contribution in [2.45, 2.75) is 13.0 Å². The second kappa shape index (κ2) is 6.30. The normalized spacial score (nSPS) is 12.0. The first-order valence-corrected chi connectivity index (χ1v) is 6.78. The zero-order chi connectivity index (χ0) is 15.6. The summed E-state index contributed by atoms with van der Waals surface area (Å²) < 4.78 is 45.0. The fraction of sp³-hybridized carbons (Fsp3) is 0.133. The third kappa shape index (κ3) is 3.64. The number of halogens is 4. The van der Waals surface area contributed by atoms with Gasteiger partial charge in [0.2, 0.25) is 5.78 Å². The molecule has 0 heterocycles. The SMILES string of the molecule is CC(Oc1ccc(F)c(Br)c1)C(=O)c1ccc(F)cc1F. The Morgan fingerprint density at radius 3 is 2.43 bits per heavy atom. The average Bonchev–Trinajstić information content (AvgIpc) is 2.42. The topological polar surface area (TPSA) is 26.3 Å². The van der Waals surface area contributed by atoms with Crippen molar-refractivity contribution >= 4 is 21.7 Å². The van der Waals surface area contributed by atoms with E-state index in [-0.39, 0.29) is 15.8 Å². The van der Waals surface area contributed by atoms with Crippen molar-refractivity contribution < 1.29 is 22.7 Å². The third-order valence-electron chi connectivity index (χ3n) is 2.77. The summed E-state index contributed by atoms with van der Waals surface area (Å²) in [6.45, 7) is 1.43. The van der Waals surface area contributed by atoms with Crippen LogP contribution in [0.25, 0.3) is 0 Å². The lowest BCUT2D eigenvalue weighted by molar-refractivity contribution is 0.0813. The lowest BCUT2D eigenvalue weighted by Crippen LogP contribution is -2.25. The molecule has 2 aromatic rings. The van der Waals surface area contributed by atoms with Gasteiger partial charge in [0.1, 0.15) is 23.2 Å². The summed E-state index contributed by atoms with van der Waals surface area (Å²) in [4.78, 5) is 12.1. The van der Waals surface area contributed by atoms with Gasteiger partial charge in [-0.3, -0.25) is 4.79 Å². The maximum absolute atomic E-state index is 13.5. The molecule has 110 valence electrons. The van der Waals surface area contributed by atoms with E-state index in [1.165, 1.54) is 25.1 Å². The highest BCUT2D eigenvalue weighted by Crippen LogP contribution is 2.23. The van der Waals surface area contributed by atoms with Crippen LogP contribution in [-0.2, 0) is 0 Å². The van der Waals surface area contributed by atoms with Crippen molar-refractivity contribution in [1.82, 2.24) is 0 Å². The number of ether oxygens (including phenoxy) is 1. The van der Waals surface area contributed by atoms with Crippen LogP contribution in [0.3, 0.4) is 0 Å². The molecule has 0 fully saturated rings. The van der Waals surface area contributed by atoms with Crippen molar-refractivity contribution in [1.29, 1.82) is 0 Å². The van der Waals surface area contributed by atoms with E-state index in [9.17, 15) is 18.0 Å². The monoisotopic (exact) mass is 358 g/mol. The van der Waals surface area contributed by atoms with E-state index in [0.717, 1.165) is 12.1 Å². The van der Waals surface area contributed by atoms with Gasteiger partial charge in [-0.05, 0) is 53.2 Å².